The molecule has 41 heavy (non-hydrogen) atoms. The summed E-state index contributed by atoms with van der Waals surface area (Å²) < 4.78 is 48.5. The molecular weight excluding hydrogens is 543 g/mol. The fourth-order valence-electron chi connectivity index (χ4n) is 4.71. The second kappa shape index (κ2) is 12.3. The van der Waals surface area contributed by atoms with E-state index in [1.165, 1.54) is 25.3 Å². The number of nitrogens with zero attached hydrogens (tertiary/aromatic N) is 2. The predicted octanol–water partition coefficient (Wildman–Crippen LogP) is 5.21. The van der Waals surface area contributed by atoms with Crippen LogP contribution in [0.4, 0.5) is 21.5 Å². The average Bonchev–Trinajstić information content (AvgIpc) is 3.01. The third-order valence-corrected chi connectivity index (χ3v) is 8.35. The third kappa shape index (κ3) is 6.78. The number of ether oxygens (including phenoxy) is 1. The number of sulfonamides is 1. The average molecular weight is 575 g/mol. The summed E-state index contributed by atoms with van der Waals surface area (Å²) in [5.41, 5.74) is 2.79. The van der Waals surface area contributed by atoms with Crippen molar-refractivity contribution in [2.24, 2.45) is 0 Å². The SMILES string of the molecule is COc1cccc(NS(=O)(=O)c2cc(C(=O)N3CCN(c4ccccc4)CC3)ccc2NCc2ccc(F)cc2)c1. The fraction of sp³-hybridized carbons (Fsp3) is 0.194. The maximum absolute atomic E-state index is 13.7. The van der Waals surface area contributed by atoms with Crippen molar-refractivity contribution in [3.63, 3.8) is 0 Å². The normalized spacial score (nSPS) is 13.5. The van der Waals surface area contributed by atoms with E-state index in [4.69, 9.17) is 4.74 Å². The van der Waals surface area contributed by atoms with E-state index in [1.54, 1.807) is 53.4 Å². The molecule has 0 atom stereocenters. The molecule has 0 unspecified atom stereocenters. The number of carbonyl (C=O) groups is 1. The predicted molar refractivity (Wildman–Crippen MR) is 159 cm³/mol. The van der Waals surface area contributed by atoms with E-state index >= 15 is 0 Å². The zero-order valence-electron chi connectivity index (χ0n) is 22.6. The largest absolute Gasteiger partial charge is 0.497 e. The van der Waals surface area contributed by atoms with E-state index in [9.17, 15) is 17.6 Å². The third-order valence-electron chi connectivity index (χ3n) is 6.92. The first-order valence-corrected chi connectivity index (χ1v) is 14.7. The number of halogens is 1. The minimum atomic E-state index is -4.12. The Balaban J connectivity index is 1.39. The summed E-state index contributed by atoms with van der Waals surface area (Å²) in [6, 6.07) is 27.2. The summed E-state index contributed by atoms with van der Waals surface area (Å²) in [7, 11) is -2.62. The highest BCUT2D eigenvalue weighted by atomic mass is 32.2. The number of amides is 1. The Morgan fingerprint density at radius 3 is 2.32 bits per heavy atom. The van der Waals surface area contributed by atoms with Gasteiger partial charge in [-0.25, -0.2) is 12.8 Å². The Labute approximate surface area is 239 Å². The molecule has 0 spiro atoms. The van der Waals surface area contributed by atoms with Gasteiger partial charge >= 0.3 is 0 Å². The highest BCUT2D eigenvalue weighted by molar-refractivity contribution is 7.92. The number of methoxy groups -OCH3 is 1. The van der Waals surface area contributed by atoms with Crippen molar-refractivity contribution >= 4 is 33.0 Å². The Kier molecular flexibility index (Phi) is 8.39. The molecule has 4 aromatic rings. The molecular formula is C31H31FN4O4S. The van der Waals surface area contributed by atoms with Gasteiger partial charge in [0.2, 0.25) is 0 Å². The minimum absolute atomic E-state index is 0.0730. The Hall–Kier alpha value is -4.57. The molecule has 212 valence electrons. The van der Waals surface area contributed by atoms with Crippen LogP contribution in [-0.4, -0.2) is 52.5 Å². The van der Waals surface area contributed by atoms with Gasteiger partial charge in [-0.2, -0.15) is 0 Å². The maximum Gasteiger partial charge on any atom is 0.263 e. The standard InChI is InChI=1S/C31H31FN4O4S/c1-40-28-9-5-6-26(21-28)34-41(38,39)30-20-24(12-15-29(30)33-22-23-10-13-25(32)14-11-23)31(37)36-18-16-35(17-19-36)27-7-3-2-4-8-27/h2-15,20-21,33-34H,16-19,22H2,1H3. The highest BCUT2D eigenvalue weighted by Crippen LogP contribution is 2.28. The van der Waals surface area contributed by atoms with Gasteiger partial charge in [0, 0.05) is 50.0 Å². The number of rotatable bonds is 9. The highest BCUT2D eigenvalue weighted by Gasteiger charge is 2.26. The van der Waals surface area contributed by atoms with Crippen LogP contribution in [0.5, 0.6) is 5.75 Å². The number of nitrogens with one attached hydrogen (secondary N) is 2. The Morgan fingerprint density at radius 1 is 0.878 bits per heavy atom. The number of anilines is 3. The molecule has 1 aliphatic rings. The summed E-state index contributed by atoms with van der Waals surface area (Å²) in [6.45, 7) is 2.65. The van der Waals surface area contributed by atoms with Crippen molar-refractivity contribution in [2.45, 2.75) is 11.4 Å². The van der Waals surface area contributed by atoms with E-state index in [-0.39, 0.29) is 28.7 Å². The minimum Gasteiger partial charge on any atom is -0.497 e. The van der Waals surface area contributed by atoms with Crippen molar-refractivity contribution in [3.8, 4) is 5.75 Å². The molecule has 10 heteroatoms. The molecule has 0 bridgehead atoms. The van der Waals surface area contributed by atoms with Crippen LogP contribution in [0.25, 0.3) is 0 Å². The number of hydrogen-bond donors (Lipinski definition) is 2. The van der Waals surface area contributed by atoms with Crippen molar-refractivity contribution in [1.82, 2.24) is 4.90 Å². The van der Waals surface area contributed by atoms with Gasteiger partial charge in [0.15, 0.2) is 0 Å². The molecule has 4 aromatic carbocycles. The molecule has 2 N–H and O–H groups in total. The number of benzene rings is 4. The molecule has 1 fully saturated rings. The lowest BCUT2D eigenvalue weighted by atomic mass is 10.1. The summed E-state index contributed by atoms with van der Waals surface area (Å²) in [5.74, 6) is -0.0916. The van der Waals surface area contributed by atoms with E-state index in [0.717, 1.165) is 11.3 Å². The van der Waals surface area contributed by atoms with Crippen LogP contribution in [-0.2, 0) is 16.6 Å². The van der Waals surface area contributed by atoms with E-state index in [1.807, 2.05) is 30.3 Å². The topological polar surface area (TPSA) is 91.0 Å². The molecule has 1 aliphatic heterocycles. The summed E-state index contributed by atoms with van der Waals surface area (Å²) in [6.07, 6.45) is 0. The van der Waals surface area contributed by atoms with Crippen molar-refractivity contribution in [2.75, 3.05) is 48.2 Å². The van der Waals surface area contributed by atoms with Crippen molar-refractivity contribution < 1.29 is 22.3 Å². The molecule has 1 saturated heterocycles. The molecule has 0 aromatic heterocycles. The van der Waals surface area contributed by atoms with Crippen LogP contribution in [0, 0.1) is 5.82 Å². The lowest BCUT2D eigenvalue weighted by Gasteiger charge is -2.36. The number of carbonyl (C=O) groups excluding carboxylic acids is 1. The van der Waals surface area contributed by atoms with Gasteiger partial charge in [0.05, 0.1) is 18.5 Å². The molecule has 1 amide bonds. The van der Waals surface area contributed by atoms with Gasteiger partial charge in [-0.15, -0.1) is 0 Å². The summed E-state index contributed by atoms with van der Waals surface area (Å²) in [4.78, 5) is 17.4. The zero-order valence-corrected chi connectivity index (χ0v) is 23.4. The monoisotopic (exact) mass is 574 g/mol. The summed E-state index contributed by atoms with van der Waals surface area (Å²) in [5, 5.41) is 3.14. The van der Waals surface area contributed by atoms with Gasteiger partial charge in [-0.05, 0) is 60.2 Å². The number of piperazine rings is 1. The fourth-order valence-corrected chi connectivity index (χ4v) is 5.97. The summed E-state index contributed by atoms with van der Waals surface area (Å²) >= 11 is 0. The van der Waals surface area contributed by atoms with Gasteiger partial charge in [-0.3, -0.25) is 9.52 Å². The maximum atomic E-state index is 13.7. The lowest BCUT2D eigenvalue weighted by Crippen LogP contribution is -2.48. The van der Waals surface area contributed by atoms with E-state index in [0.29, 0.717) is 43.3 Å². The van der Waals surface area contributed by atoms with E-state index in [2.05, 4.69) is 14.9 Å². The molecule has 8 nitrogen and oxygen atoms in total. The number of hydrogen-bond acceptors (Lipinski definition) is 6. The van der Waals surface area contributed by atoms with Crippen LogP contribution < -0.4 is 19.7 Å². The second-order valence-corrected chi connectivity index (χ2v) is 11.3. The second-order valence-electron chi connectivity index (χ2n) is 9.64. The molecule has 0 saturated carbocycles. The van der Waals surface area contributed by atoms with Crippen LogP contribution in [0.2, 0.25) is 0 Å². The van der Waals surface area contributed by atoms with Gasteiger partial charge < -0.3 is 19.9 Å². The first-order valence-electron chi connectivity index (χ1n) is 13.2. The Bertz CT molecular complexity index is 1610. The van der Waals surface area contributed by atoms with Crippen molar-refractivity contribution in [1.29, 1.82) is 0 Å². The smallest absolute Gasteiger partial charge is 0.263 e. The van der Waals surface area contributed by atoms with Crippen LogP contribution in [0.15, 0.2) is 102 Å². The molecule has 0 aliphatic carbocycles. The molecule has 0 radical (unpaired) electrons. The first-order chi connectivity index (χ1) is 19.8. The van der Waals surface area contributed by atoms with Gasteiger partial charge in [0.25, 0.3) is 15.9 Å². The van der Waals surface area contributed by atoms with Crippen molar-refractivity contribution in [3.05, 3.63) is 114 Å². The molecule has 5 rings (SSSR count). The van der Waals surface area contributed by atoms with Crippen LogP contribution >= 0.6 is 0 Å². The number of para-hydroxylation sites is 1. The van der Waals surface area contributed by atoms with Gasteiger partial charge in [0.1, 0.15) is 16.5 Å². The van der Waals surface area contributed by atoms with E-state index < -0.39 is 10.0 Å². The van der Waals surface area contributed by atoms with Crippen LogP contribution in [0.1, 0.15) is 15.9 Å². The van der Waals surface area contributed by atoms with Gasteiger partial charge in [-0.1, -0.05) is 36.4 Å². The lowest BCUT2D eigenvalue weighted by molar-refractivity contribution is 0.0746. The Morgan fingerprint density at radius 2 is 1.61 bits per heavy atom. The zero-order chi connectivity index (χ0) is 28.8. The molecule has 1 heterocycles. The van der Waals surface area contributed by atoms with Crippen LogP contribution in [0.3, 0.4) is 0 Å². The first kappa shape index (κ1) is 28.0. The quantitative estimate of drug-likeness (QED) is 0.285.